The predicted octanol–water partition coefficient (Wildman–Crippen LogP) is 3.01. The highest BCUT2D eigenvalue weighted by molar-refractivity contribution is 6.25. The molecule has 0 fully saturated rings. The summed E-state index contributed by atoms with van der Waals surface area (Å²) in [6.07, 6.45) is 0. The number of phenolic OH excluding ortho intramolecular Hbond substituents is 9. The molecule has 0 aromatic heterocycles. The van der Waals surface area contributed by atoms with Crippen LogP contribution in [0.5, 0.6) is 51.7 Å². The van der Waals surface area contributed by atoms with Crippen molar-refractivity contribution in [1.29, 1.82) is 0 Å². The lowest BCUT2D eigenvalue weighted by molar-refractivity contribution is 0.348. The predicted molar refractivity (Wildman–Crippen MR) is 102 cm³/mol. The van der Waals surface area contributed by atoms with Crippen LogP contribution in [0.3, 0.4) is 0 Å². The summed E-state index contributed by atoms with van der Waals surface area (Å²) in [5, 5.41) is 90.2. The number of benzene rings is 4. The van der Waals surface area contributed by atoms with Gasteiger partial charge in [0.05, 0.1) is 10.8 Å². The van der Waals surface area contributed by atoms with Crippen molar-refractivity contribution in [2.45, 2.75) is 0 Å². The van der Waals surface area contributed by atoms with E-state index in [1.807, 2.05) is 0 Å². The summed E-state index contributed by atoms with van der Waals surface area (Å²) >= 11 is 0. The van der Waals surface area contributed by atoms with Gasteiger partial charge in [0, 0.05) is 16.3 Å². The fourth-order valence-electron chi connectivity index (χ4n) is 3.49. The van der Waals surface area contributed by atoms with E-state index in [4.69, 9.17) is 0 Å². The van der Waals surface area contributed by atoms with Crippen LogP contribution >= 0.6 is 0 Å². The highest BCUT2D eigenvalue weighted by atomic mass is 16.4. The normalized spacial score (nSPS) is 11.3. The molecule has 0 spiro atoms. The summed E-state index contributed by atoms with van der Waals surface area (Å²) < 4.78 is 0. The molecule has 0 aliphatic heterocycles. The van der Waals surface area contributed by atoms with Crippen molar-refractivity contribution in [3.63, 3.8) is 0 Å². The molecule has 0 aliphatic rings. The average Bonchev–Trinajstić information content (AvgIpc) is 2.72. The molecule has 0 unspecified atom stereocenters. The first-order valence-electron chi connectivity index (χ1n) is 8.17. The van der Waals surface area contributed by atoms with Gasteiger partial charge in [0.15, 0.2) is 23.0 Å². The smallest absolute Gasteiger partial charge is 0.205 e. The van der Waals surface area contributed by atoms with Gasteiger partial charge in [-0.2, -0.15) is 0 Å². The van der Waals surface area contributed by atoms with E-state index in [9.17, 15) is 46.0 Å². The molecular weight excluding hydrogens is 384 g/mol. The van der Waals surface area contributed by atoms with Crippen LogP contribution < -0.4 is 0 Å². The second kappa shape index (κ2) is 5.80. The quantitative estimate of drug-likeness (QED) is 0.132. The molecule has 4 aromatic rings. The molecule has 0 heterocycles. The SMILES string of the molecule is Oc1c(O)c(O)c2c(-c3ccccc3)c3c(O)c(O)c(O)c(O)c3c(O)c2c1O. The minimum atomic E-state index is -1.13. The van der Waals surface area contributed by atoms with Crippen LogP contribution in [0.15, 0.2) is 30.3 Å². The molecule has 4 rings (SSSR count). The van der Waals surface area contributed by atoms with Crippen molar-refractivity contribution in [3.05, 3.63) is 30.3 Å². The Balaban J connectivity index is 2.49. The van der Waals surface area contributed by atoms with Gasteiger partial charge in [-0.3, -0.25) is 0 Å². The van der Waals surface area contributed by atoms with Gasteiger partial charge in [-0.25, -0.2) is 0 Å². The molecule has 0 radical (unpaired) electrons. The maximum atomic E-state index is 10.7. The van der Waals surface area contributed by atoms with Gasteiger partial charge >= 0.3 is 0 Å². The van der Waals surface area contributed by atoms with Crippen LogP contribution in [-0.4, -0.2) is 46.0 Å². The molecule has 148 valence electrons. The number of phenols is 9. The Morgan fingerprint density at radius 3 is 1.07 bits per heavy atom. The molecule has 0 saturated heterocycles. The van der Waals surface area contributed by atoms with E-state index in [1.165, 1.54) is 12.1 Å². The van der Waals surface area contributed by atoms with Gasteiger partial charge in [0.2, 0.25) is 23.0 Å². The molecule has 0 aliphatic carbocycles. The zero-order chi connectivity index (χ0) is 21.2. The average molecular weight is 398 g/mol. The Bertz CT molecular complexity index is 1250. The molecule has 29 heavy (non-hydrogen) atoms. The lowest BCUT2D eigenvalue weighted by atomic mass is 9.88. The third kappa shape index (κ3) is 2.15. The summed E-state index contributed by atoms with van der Waals surface area (Å²) in [6.45, 7) is 0. The van der Waals surface area contributed by atoms with E-state index in [0.29, 0.717) is 0 Å². The van der Waals surface area contributed by atoms with Gasteiger partial charge in [0.1, 0.15) is 5.75 Å². The van der Waals surface area contributed by atoms with Crippen LogP contribution in [0, 0.1) is 0 Å². The van der Waals surface area contributed by atoms with Crippen molar-refractivity contribution in [2.75, 3.05) is 0 Å². The lowest BCUT2D eigenvalue weighted by Crippen LogP contribution is -1.91. The zero-order valence-corrected chi connectivity index (χ0v) is 14.4. The molecule has 4 aromatic carbocycles. The van der Waals surface area contributed by atoms with E-state index in [2.05, 4.69) is 0 Å². The van der Waals surface area contributed by atoms with E-state index in [-0.39, 0.29) is 21.9 Å². The van der Waals surface area contributed by atoms with E-state index in [1.54, 1.807) is 18.2 Å². The molecule has 0 bridgehead atoms. The van der Waals surface area contributed by atoms with E-state index < -0.39 is 62.5 Å². The Morgan fingerprint density at radius 1 is 0.345 bits per heavy atom. The van der Waals surface area contributed by atoms with Crippen molar-refractivity contribution in [1.82, 2.24) is 0 Å². The third-order valence-corrected chi connectivity index (χ3v) is 4.83. The minimum Gasteiger partial charge on any atom is -0.506 e. The van der Waals surface area contributed by atoms with E-state index in [0.717, 1.165) is 0 Å². The highest BCUT2D eigenvalue weighted by Crippen LogP contribution is 2.61. The van der Waals surface area contributed by atoms with Crippen LogP contribution in [-0.2, 0) is 0 Å². The number of hydrogen-bond acceptors (Lipinski definition) is 9. The monoisotopic (exact) mass is 398 g/mol. The Kier molecular flexibility index (Phi) is 3.60. The number of fused-ring (bicyclic) bond motifs is 2. The summed E-state index contributed by atoms with van der Waals surface area (Å²) in [5.41, 5.74) is 0.168. The molecule has 9 N–H and O–H groups in total. The summed E-state index contributed by atoms with van der Waals surface area (Å²) in [4.78, 5) is 0. The Labute approximate surface area is 161 Å². The van der Waals surface area contributed by atoms with Gasteiger partial charge in [-0.15, -0.1) is 0 Å². The fourth-order valence-corrected chi connectivity index (χ4v) is 3.49. The first-order chi connectivity index (χ1) is 13.7. The first kappa shape index (κ1) is 18.0. The largest absolute Gasteiger partial charge is 0.506 e. The maximum Gasteiger partial charge on any atom is 0.205 e. The maximum absolute atomic E-state index is 10.7. The lowest BCUT2D eigenvalue weighted by Gasteiger charge is -2.19. The Hall–Kier alpha value is -4.40. The molecule has 0 saturated carbocycles. The summed E-state index contributed by atoms with van der Waals surface area (Å²) in [5.74, 6) is -9.26. The molecule has 0 atom stereocenters. The minimum absolute atomic E-state index is 0.111. The number of rotatable bonds is 1. The van der Waals surface area contributed by atoms with Crippen molar-refractivity contribution >= 4 is 21.5 Å². The van der Waals surface area contributed by atoms with E-state index >= 15 is 0 Å². The van der Waals surface area contributed by atoms with Crippen molar-refractivity contribution < 1.29 is 46.0 Å². The highest BCUT2D eigenvalue weighted by Gasteiger charge is 2.31. The van der Waals surface area contributed by atoms with Crippen molar-refractivity contribution in [2.24, 2.45) is 0 Å². The number of aromatic hydroxyl groups is 9. The van der Waals surface area contributed by atoms with Crippen LogP contribution in [0.1, 0.15) is 0 Å². The van der Waals surface area contributed by atoms with Crippen molar-refractivity contribution in [3.8, 4) is 62.9 Å². The van der Waals surface area contributed by atoms with Crippen LogP contribution in [0.25, 0.3) is 32.7 Å². The summed E-state index contributed by atoms with van der Waals surface area (Å²) in [6, 6.07) is 7.88. The number of hydrogen-bond donors (Lipinski definition) is 9. The van der Waals surface area contributed by atoms with Gasteiger partial charge in [-0.05, 0) is 5.56 Å². The van der Waals surface area contributed by atoms with Crippen LogP contribution in [0.4, 0.5) is 0 Å². The van der Waals surface area contributed by atoms with Gasteiger partial charge in [0.25, 0.3) is 0 Å². The second-order valence-corrected chi connectivity index (χ2v) is 6.38. The Morgan fingerprint density at radius 2 is 0.690 bits per heavy atom. The fraction of sp³-hybridized carbons (Fsp3) is 0. The third-order valence-electron chi connectivity index (χ3n) is 4.83. The summed E-state index contributed by atoms with van der Waals surface area (Å²) in [7, 11) is 0. The molecule has 9 heteroatoms. The standard InChI is InChI=1S/C20H14O9/c21-12-10-8(13(22)17(26)19(28)15(10)24)7(6-4-2-1-3-5-6)9-11(12)16(25)20(29)18(27)14(9)23/h1-5,21-29H. The molecule has 0 amide bonds. The van der Waals surface area contributed by atoms with Crippen LogP contribution in [0.2, 0.25) is 0 Å². The zero-order valence-electron chi connectivity index (χ0n) is 14.4. The molecular formula is C20H14O9. The first-order valence-corrected chi connectivity index (χ1v) is 8.17. The topological polar surface area (TPSA) is 182 Å². The van der Waals surface area contributed by atoms with Gasteiger partial charge < -0.3 is 46.0 Å². The molecule has 9 nitrogen and oxygen atoms in total. The second-order valence-electron chi connectivity index (χ2n) is 6.38. The van der Waals surface area contributed by atoms with Gasteiger partial charge in [-0.1, -0.05) is 30.3 Å².